The first kappa shape index (κ1) is 24.4. The smallest absolute Gasteiger partial charge is 0.274 e. The third kappa shape index (κ3) is 3.86. The normalized spacial score (nSPS) is 25.4. The van der Waals surface area contributed by atoms with Gasteiger partial charge in [0, 0.05) is 30.9 Å². The number of carbonyl (C=O) groups is 2. The van der Waals surface area contributed by atoms with Crippen molar-refractivity contribution >= 4 is 11.8 Å². The van der Waals surface area contributed by atoms with Gasteiger partial charge in [0.25, 0.3) is 11.8 Å². The molecule has 3 aliphatic rings. The van der Waals surface area contributed by atoms with Crippen LogP contribution in [0.25, 0.3) is 0 Å². The molecule has 2 amide bonds. The van der Waals surface area contributed by atoms with E-state index in [0.29, 0.717) is 31.6 Å². The van der Waals surface area contributed by atoms with Crippen molar-refractivity contribution in [1.82, 2.24) is 14.8 Å². The third-order valence-electron chi connectivity index (χ3n) is 7.42. The lowest BCUT2D eigenvalue weighted by molar-refractivity contribution is -0.182. The predicted octanol–water partition coefficient (Wildman–Crippen LogP) is 2.04. The molecule has 3 atom stereocenters. The summed E-state index contributed by atoms with van der Waals surface area (Å²) in [5.41, 5.74) is -2.50. The molecule has 36 heavy (non-hydrogen) atoms. The topological polar surface area (TPSA) is 110 Å². The molecule has 0 aliphatic carbocycles. The molecule has 5 rings (SSSR count). The van der Waals surface area contributed by atoms with Gasteiger partial charge in [0.1, 0.15) is 22.8 Å². The lowest BCUT2D eigenvalue weighted by atomic mass is 9.88. The van der Waals surface area contributed by atoms with Gasteiger partial charge in [0.2, 0.25) is 5.43 Å². The average molecular weight is 504 g/mol. The number of aryl methyl sites for hydroxylation is 1. The van der Waals surface area contributed by atoms with Crippen molar-refractivity contribution in [2.75, 3.05) is 26.4 Å². The fourth-order valence-electron chi connectivity index (χ4n) is 5.40. The number of hydrogen-bond donors (Lipinski definition) is 2. The van der Waals surface area contributed by atoms with Gasteiger partial charge < -0.3 is 29.4 Å². The van der Waals surface area contributed by atoms with Crippen LogP contribution in [0, 0.1) is 18.6 Å². The number of hydrogen-bond acceptors (Lipinski definition) is 6. The average Bonchev–Trinajstić information content (AvgIpc) is 2.95. The molecule has 192 valence electrons. The zero-order valence-corrected chi connectivity index (χ0v) is 20.0. The Morgan fingerprint density at radius 3 is 2.64 bits per heavy atom. The number of carbonyl (C=O) groups excluding carboxylic acids is 2. The summed E-state index contributed by atoms with van der Waals surface area (Å²) in [5, 5.41) is 13.2. The second kappa shape index (κ2) is 8.97. The third-order valence-corrected chi connectivity index (χ3v) is 7.42. The van der Waals surface area contributed by atoms with E-state index in [-0.39, 0.29) is 30.5 Å². The number of nitrogens with zero attached hydrogens (tertiary/aromatic N) is 2. The van der Waals surface area contributed by atoms with E-state index in [1.165, 1.54) is 17.7 Å². The molecule has 1 aromatic carbocycles. The molecule has 2 fully saturated rings. The van der Waals surface area contributed by atoms with E-state index in [0.717, 1.165) is 12.1 Å². The van der Waals surface area contributed by atoms with Crippen molar-refractivity contribution in [3.8, 4) is 5.75 Å². The molecule has 3 aliphatic heterocycles. The summed E-state index contributed by atoms with van der Waals surface area (Å²) in [7, 11) is 0. The highest BCUT2D eigenvalue weighted by Gasteiger charge is 2.51. The lowest BCUT2D eigenvalue weighted by Crippen LogP contribution is -2.56. The zero-order chi connectivity index (χ0) is 25.8. The van der Waals surface area contributed by atoms with E-state index in [9.17, 15) is 28.3 Å². The number of aromatic hydroxyl groups is 1. The summed E-state index contributed by atoms with van der Waals surface area (Å²) in [6.07, 6.45) is 2.43. The molecule has 1 aromatic heterocycles. The summed E-state index contributed by atoms with van der Waals surface area (Å²) < 4.78 is 41.8. The number of nitrogens with one attached hydrogen (secondary N) is 1. The van der Waals surface area contributed by atoms with Crippen LogP contribution in [0.3, 0.4) is 0 Å². The van der Waals surface area contributed by atoms with Gasteiger partial charge in [-0.3, -0.25) is 14.4 Å². The number of halogens is 2. The molecular weight excluding hydrogens is 476 g/mol. The van der Waals surface area contributed by atoms with Gasteiger partial charge in [-0.15, -0.1) is 0 Å². The molecule has 0 unspecified atom stereocenters. The number of pyridine rings is 1. The van der Waals surface area contributed by atoms with Crippen LogP contribution in [-0.2, 0) is 16.0 Å². The van der Waals surface area contributed by atoms with Crippen LogP contribution in [0.5, 0.6) is 5.75 Å². The quantitative estimate of drug-likeness (QED) is 0.664. The van der Waals surface area contributed by atoms with Crippen LogP contribution in [0.4, 0.5) is 8.78 Å². The molecule has 2 saturated heterocycles. The Morgan fingerprint density at radius 2 is 1.97 bits per heavy atom. The summed E-state index contributed by atoms with van der Waals surface area (Å²) in [6.45, 7) is 4.21. The van der Waals surface area contributed by atoms with Crippen molar-refractivity contribution in [2.24, 2.45) is 0 Å². The van der Waals surface area contributed by atoms with E-state index in [1.54, 1.807) is 4.90 Å². The van der Waals surface area contributed by atoms with Gasteiger partial charge in [0.05, 0.1) is 25.9 Å². The van der Waals surface area contributed by atoms with E-state index in [1.807, 2.05) is 6.92 Å². The number of ether oxygens (including phenoxy) is 2. The Labute approximate surface area is 205 Å². The number of benzene rings is 1. The maximum atomic E-state index is 14.2. The van der Waals surface area contributed by atoms with E-state index in [4.69, 9.17) is 9.47 Å². The molecule has 2 aromatic rings. The fraction of sp³-hybridized carbons (Fsp3) is 0.480. The SMILES string of the molecule is Cc1cc(F)c(CNC(=O)c2cn3c(c(O)c2=O)C(=O)N2C[C@@H]3[C@]3(CC[C@@H]2C)COCCO3)c(F)c1. The van der Waals surface area contributed by atoms with Crippen LogP contribution < -0.4 is 10.7 Å². The van der Waals surface area contributed by atoms with Crippen molar-refractivity contribution < 1.29 is 33.0 Å². The van der Waals surface area contributed by atoms with Crippen molar-refractivity contribution in [3.63, 3.8) is 0 Å². The molecule has 11 heteroatoms. The van der Waals surface area contributed by atoms with Gasteiger partial charge in [-0.25, -0.2) is 8.78 Å². The van der Waals surface area contributed by atoms with E-state index >= 15 is 0 Å². The standard InChI is InChI=1S/C25H27F2N3O6/c1-13-7-17(26)15(18(27)8-13)9-28-23(33)16-10-30-19-11-29(24(34)20(30)22(32)21(16)31)14(2)3-4-25(19)12-35-5-6-36-25/h7-8,10,14,19,32H,3-6,9,11-12H2,1-2H3,(H,28,33)/t14-,19+,25-/m0/s1. The van der Waals surface area contributed by atoms with Crippen LogP contribution in [0.1, 0.15) is 57.8 Å². The monoisotopic (exact) mass is 503 g/mol. The molecule has 2 N–H and O–H groups in total. The minimum atomic E-state index is -1.04. The maximum absolute atomic E-state index is 14.2. The second-order valence-electron chi connectivity index (χ2n) is 9.69. The highest BCUT2D eigenvalue weighted by atomic mass is 19.1. The summed E-state index contributed by atoms with van der Waals surface area (Å²) >= 11 is 0. The number of amides is 2. The Hall–Kier alpha value is -3.31. The number of aromatic nitrogens is 1. The maximum Gasteiger partial charge on any atom is 0.274 e. The predicted molar refractivity (Wildman–Crippen MR) is 123 cm³/mol. The van der Waals surface area contributed by atoms with Gasteiger partial charge in [0.15, 0.2) is 11.4 Å². The van der Waals surface area contributed by atoms with Crippen molar-refractivity contribution in [1.29, 1.82) is 0 Å². The second-order valence-corrected chi connectivity index (χ2v) is 9.69. The Kier molecular flexibility index (Phi) is 6.08. The molecule has 0 radical (unpaired) electrons. The highest BCUT2D eigenvalue weighted by Crippen LogP contribution is 2.43. The van der Waals surface area contributed by atoms with Crippen LogP contribution in [0.15, 0.2) is 23.1 Å². The van der Waals surface area contributed by atoms with Gasteiger partial charge >= 0.3 is 0 Å². The molecular formula is C25H27F2N3O6. The van der Waals surface area contributed by atoms with Crippen LogP contribution in [0.2, 0.25) is 0 Å². The number of fused-ring (bicyclic) bond motifs is 5. The van der Waals surface area contributed by atoms with Crippen molar-refractivity contribution in [3.05, 3.63) is 62.6 Å². The van der Waals surface area contributed by atoms with Crippen LogP contribution >= 0.6 is 0 Å². The largest absolute Gasteiger partial charge is 0.503 e. The fourth-order valence-corrected chi connectivity index (χ4v) is 5.40. The molecule has 4 heterocycles. The Bertz CT molecular complexity index is 1280. The Morgan fingerprint density at radius 1 is 1.25 bits per heavy atom. The van der Waals surface area contributed by atoms with Crippen molar-refractivity contribution in [2.45, 2.75) is 50.9 Å². The highest BCUT2D eigenvalue weighted by molar-refractivity contribution is 5.99. The summed E-state index contributed by atoms with van der Waals surface area (Å²) in [5.74, 6) is -3.95. The zero-order valence-electron chi connectivity index (χ0n) is 20.0. The van der Waals surface area contributed by atoms with E-state index < -0.39 is 58.4 Å². The minimum absolute atomic E-state index is 0.157. The lowest BCUT2D eigenvalue weighted by Gasteiger charge is -2.46. The minimum Gasteiger partial charge on any atom is -0.503 e. The molecule has 1 spiro atoms. The summed E-state index contributed by atoms with van der Waals surface area (Å²) in [4.78, 5) is 40.8. The van der Waals surface area contributed by atoms with Crippen LogP contribution in [-0.4, -0.2) is 64.4 Å². The first-order valence-corrected chi connectivity index (χ1v) is 11.9. The Balaban J connectivity index is 1.55. The molecule has 0 saturated carbocycles. The molecule has 9 nitrogen and oxygen atoms in total. The number of rotatable bonds is 3. The summed E-state index contributed by atoms with van der Waals surface area (Å²) in [6, 6.07) is 1.59. The first-order chi connectivity index (χ1) is 17.1. The molecule has 2 bridgehead atoms. The van der Waals surface area contributed by atoms with Gasteiger partial charge in [-0.1, -0.05) is 0 Å². The van der Waals surface area contributed by atoms with Gasteiger partial charge in [-0.2, -0.15) is 0 Å². The van der Waals surface area contributed by atoms with Gasteiger partial charge in [-0.05, 0) is 44.4 Å². The first-order valence-electron chi connectivity index (χ1n) is 11.9. The van der Waals surface area contributed by atoms with E-state index in [2.05, 4.69) is 5.32 Å².